The number of nitrogens with one attached hydrogen (secondary N) is 1. The van der Waals surface area contributed by atoms with Crippen LogP contribution in [-0.2, 0) is 9.53 Å². The van der Waals surface area contributed by atoms with E-state index in [-0.39, 0.29) is 24.2 Å². The van der Waals surface area contributed by atoms with Crippen LogP contribution < -0.4 is 5.32 Å². The Balaban J connectivity index is 1.96. The Kier molecular flexibility index (Phi) is 5.02. The van der Waals surface area contributed by atoms with E-state index < -0.39 is 0 Å². The van der Waals surface area contributed by atoms with E-state index >= 15 is 0 Å². The molecule has 0 bridgehead atoms. The third kappa shape index (κ3) is 3.95. The molecule has 1 aromatic carbocycles. The van der Waals surface area contributed by atoms with Crippen LogP contribution >= 0.6 is 11.6 Å². The van der Waals surface area contributed by atoms with Gasteiger partial charge in [0.05, 0.1) is 18.2 Å². The van der Waals surface area contributed by atoms with Crippen molar-refractivity contribution in [2.24, 2.45) is 0 Å². The maximum Gasteiger partial charge on any atom is 0.241 e. The number of rotatable bonds is 3. The first-order valence-electron chi connectivity index (χ1n) is 6.91. The van der Waals surface area contributed by atoms with Gasteiger partial charge in [0.15, 0.2) is 0 Å². The van der Waals surface area contributed by atoms with E-state index in [0.717, 1.165) is 18.8 Å². The van der Waals surface area contributed by atoms with E-state index in [1.54, 1.807) is 24.3 Å². The van der Waals surface area contributed by atoms with Gasteiger partial charge in [0, 0.05) is 23.8 Å². The number of ether oxygens (including phenoxy) is 1. The van der Waals surface area contributed by atoms with Gasteiger partial charge in [-0.25, -0.2) is 0 Å². The fourth-order valence-corrected chi connectivity index (χ4v) is 2.61. The third-order valence-electron chi connectivity index (χ3n) is 3.49. The average Bonchev–Trinajstić information content (AvgIpc) is 2.39. The van der Waals surface area contributed by atoms with E-state index in [0.29, 0.717) is 5.02 Å². The quantitative estimate of drug-likeness (QED) is 0.932. The van der Waals surface area contributed by atoms with Gasteiger partial charge in [-0.05, 0) is 45.0 Å². The molecule has 0 saturated carbocycles. The van der Waals surface area contributed by atoms with Crippen molar-refractivity contribution in [3.05, 3.63) is 29.3 Å². The molecule has 5 heteroatoms. The number of nitrogens with zero attached hydrogens (tertiary/aromatic N) is 1. The molecular weight excluding hydrogens is 276 g/mol. The second-order valence-electron chi connectivity index (χ2n) is 5.38. The van der Waals surface area contributed by atoms with Crippen LogP contribution in [0, 0.1) is 0 Å². The molecule has 2 rings (SSSR count). The van der Waals surface area contributed by atoms with Crippen LogP contribution in [0.25, 0.3) is 0 Å². The molecule has 4 nitrogen and oxygen atoms in total. The zero-order valence-corrected chi connectivity index (χ0v) is 12.9. The lowest BCUT2D eigenvalue weighted by Gasteiger charge is -2.38. The number of morpholine rings is 1. The summed E-state index contributed by atoms with van der Waals surface area (Å²) in [6.45, 7) is 7.55. The molecule has 3 atom stereocenters. The van der Waals surface area contributed by atoms with Crippen LogP contribution in [-0.4, -0.2) is 42.1 Å². The van der Waals surface area contributed by atoms with Crippen molar-refractivity contribution >= 4 is 23.2 Å². The first-order valence-corrected chi connectivity index (χ1v) is 7.29. The van der Waals surface area contributed by atoms with Crippen molar-refractivity contribution in [3.63, 3.8) is 0 Å². The lowest BCUT2D eigenvalue weighted by molar-refractivity contribution is -0.126. The van der Waals surface area contributed by atoms with E-state index in [1.807, 2.05) is 20.8 Å². The highest BCUT2D eigenvalue weighted by molar-refractivity contribution is 6.30. The Morgan fingerprint density at radius 3 is 2.40 bits per heavy atom. The molecule has 0 unspecified atom stereocenters. The van der Waals surface area contributed by atoms with Crippen molar-refractivity contribution in [2.45, 2.75) is 39.0 Å². The van der Waals surface area contributed by atoms with Crippen LogP contribution in [0.2, 0.25) is 5.02 Å². The molecule has 110 valence electrons. The average molecular weight is 297 g/mol. The van der Waals surface area contributed by atoms with E-state index in [9.17, 15) is 4.79 Å². The van der Waals surface area contributed by atoms with Crippen molar-refractivity contribution in [2.75, 3.05) is 18.4 Å². The van der Waals surface area contributed by atoms with Gasteiger partial charge in [0.2, 0.25) is 5.91 Å². The number of anilines is 1. The van der Waals surface area contributed by atoms with Gasteiger partial charge in [-0.1, -0.05) is 11.6 Å². The SMILES string of the molecule is C[C@@H]1CN([C@@H](C)C(=O)Nc2ccc(Cl)cc2)C[C@H](C)O1. The molecule has 1 heterocycles. The number of halogens is 1. The zero-order valence-electron chi connectivity index (χ0n) is 12.1. The maximum absolute atomic E-state index is 12.3. The Hall–Kier alpha value is -1.10. The first-order chi connectivity index (χ1) is 9.45. The lowest BCUT2D eigenvalue weighted by Crippen LogP contribution is -2.52. The largest absolute Gasteiger partial charge is 0.373 e. The Morgan fingerprint density at radius 2 is 1.85 bits per heavy atom. The van der Waals surface area contributed by atoms with Gasteiger partial charge in [-0.15, -0.1) is 0 Å². The third-order valence-corrected chi connectivity index (χ3v) is 3.74. The van der Waals surface area contributed by atoms with Crippen LogP contribution in [0.15, 0.2) is 24.3 Å². The number of benzene rings is 1. The first kappa shape index (κ1) is 15.3. The van der Waals surface area contributed by atoms with Crippen LogP contribution in [0.3, 0.4) is 0 Å². The summed E-state index contributed by atoms with van der Waals surface area (Å²) in [4.78, 5) is 14.4. The molecule has 20 heavy (non-hydrogen) atoms. The molecule has 1 amide bonds. The molecule has 1 aliphatic rings. The van der Waals surface area contributed by atoms with E-state index in [4.69, 9.17) is 16.3 Å². The summed E-state index contributed by atoms with van der Waals surface area (Å²) in [6, 6.07) is 6.95. The summed E-state index contributed by atoms with van der Waals surface area (Å²) in [6.07, 6.45) is 0.314. The number of amides is 1. The smallest absolute Gasteiger partial charge is 0.241 e. The lowest BCUT2D eigenvalue weighted by atomic mass is 10.1. The Labute approximate surface area is 125 Å². The number of hydrogen-bond donors (Lipinski definition) is 1. The van der Waals surface area contributed by atoms with Gasteiger partial charge < -0.3 is 10.1 Å². The molecule has 1 fully saturated rings. The normalized spacial score (nSPS) is 25.2. The van der Waals surface area contributed by atoms with Crippen LogP contribution in [0.4, 0.5) is 5.69 Å². The number of carbonyl (C=O) groups is 1. The van der Waals surface area contributed by atoms with Crippen molar-refractivity contribution in [3.8, 4) is 0 Å². The Morgan fingerprint density at radius 1 is 1.30 bits per heavy atom. The molecule has 1 aliphatic heterocycles. The van der Waals surface area contributed by atoms with Gasteiger partial charge in [0.25, 0.3) is 0 Å². The summed E-state index contributed by atoms with van der Waals surface area (Å²) in [5.41, 5.74) is 0.764. The molecule has 0 spiro atoms. The monoisotopic (exact) mass is 296 g/mol. The van der Waals surface area contributed by atoms with E-state index in [2.05, 4.69) is 10.2 Å². The predicted octanol–water partition coefficient (Wildman–Crippen LogP) is 2.78. The highest BCUT2D eigenvalue weighted by Crippen LogP contribution is 2.16. The molecule has 0 radical (unpaired) electrons. The highest BCUT2D eigenvalue weighted by Gasteiger charge is 2.29. The minimum atomic E-state index is -0.181. The standard InChI is InChI=1S/C15H21ClN2O2/c1-10-8-18(9-11(2)20-10)12(3)15(19)17-14-6-4-13(16)5-7-14/h4-7,10-12H,8-9H2,1-3H3,(H,17,19)/t10-,11+,12-/m0/s1. The maximum atomic E-state index is 12.3. The zero-order chi connectivity index (χ0) is 14.7. The van der Waals surface area contributed by atoms with Crippen molar-refractivity contribution < 1.29 is 9.53 Å². The fraction of sp³-hybridized carbons (Fsp3) is 0.533. The summed E-state index contributed by atoms with van der Waals surface area (Å²) < 4.78 is 5.69. The summed E-state index contributed by atoms with van der Waals surface area (Å²) in [5.74, 6) is -0.00591. The molecule has 0 aromatic heterocycles. The molecule has 1 aromatic rings. The van der Waals surface area contributed by atoms with Gasteiger partial charge in [0.1, 0.15) is 0 Å². The summed E-state index contributed by atoms with van der Waals surface area (Å²) in [7, 11) is 0. The summed E-state index contributed by atoms with van der Waals surface area (Å²) >= 11 is 5.83. The fourth-order valence-electron chi connectivity index (χ4n) is 2.48. The minimum absolute atomic E-state index is 0.00591. The Bertz CT molecular complexity index is 453. The number of hydrogen-bond acceptors (Lipinski definition) is 3. The van der Waals surface area contributed by atoms with Crippen LogP contribution in [0.1, 0.15) is 20.8 Å². The molecular formula is C15H21ClN2O2. The van der Waals surface area contributed by atoms with Gasteiger partial charge in [-0.3, -0.25) is 9.69 Å². The number of carbonyl (C=O) groups excluding carboxylic acids is 1. The van der Waals surface area contributed by atoms with Crippen LogP contribution in [0.5, 0.6) is 0 Å². The second kappa shape index (κ2) is 6.57. The van der Waals surface area contributed by atoms with Gasteiger partial charge in [-0.2, -0.15) is 0 Å². The molecule has 1 N–H and O–H groups in total. The molecule has 1 saturated heterocycles. The predicted molar refractivity (Wildman–Crippen MR) is 81.1 cm³/mol. The van der Waals surface area contributed by atoms with Gasteiger partial charge >= 0.3 is 0 Å². The second-order valence-corrected chi connectivity index (χ2v) is 5.82. The van der Waals surface area contributed by atoms with Crippen molar-refractivity contribution in [1.82, 2.24) is 4.90 Å². The minimum Gasteiger partial charge on any atom is -0.373 e. The van der Waals surface area contributed by atoms with E-state index in [1.165, 1.54) is 0 Å². The van der Waals surface area contributed by atoms with Crippen molar-refractivity contribution in [1.29, 1.82) is 0 Å². The summed E-state index contributed by atoms with van der Waals surface area (Å²) in [5, 5.41) is 3.57. The topological polar surface area (TPSA) is 41.6 Å². The highest BCUT2D eigenvalue weighted by atomic mass is 35.5. The molecule has 0 aliphatic carbocycles.